The molecule has 140 valence electrons. The van der Waals surface area contributed by atoms with Gasteiger partial charge in [-0.3, -0.25) is 9.36 Å². The van der Waals surface area contributed by atoms with Crippen LogP contribution in [0.5, 0.6) is 0 Å². The molecule has 0 fully saturated rings. The highest BCUT2D eigenvalue weighted by Gasteiger charge is 2.13. The van der Waals surface area contributed by atoms with Crippen molar-refractivity contribution in [2.75, 3.05) is 12.3 Å². The standard InChI is InChI=1S/C20H21ClN4OS/c1-14-3-9-18(10-4-14)25-15(2)23-24-20(25)27-13-19(26)22-12-11-16-5-7-17(21)8-6-16/h3-10H,11-13H2,1-2H3,(H,22,26). The van der Waals surface area contributed by atoms with Crippen LogP contribution in [0, 0.1) is 13.8 Å². The van der Waals surface area contributed by atoms with E-state index in [1.54, 1.807) is 0 Å². The molecule has 0 bridgehead atoms. The van der Waals surface area contributed by atoms with Gasteiger partial charge in [0.05, 0.1) is 5.75 Å². The fourth-order valence-corrected chi connectivity index (χ4v) is 3.56. The van der Waals surface area contributed by atoms with Crippen LogP contribution >= 0.6 is 23.4 Å². The second-order valence-corrected chi connectivity index (χ2v) is 7.59. The Balaban J connectivity index is 1.53. The van der Waals surface area contributed by atoms with E-state index in [1.807, 2.05) is 66.9 Å². The van der Waals surface area contributed by atoms with Gasteiger partial charge in [-0.1, -0.05) is 53.2 Å². The van der Waals surface area contributed by atoms with Gasteiger partial charge in [0.15, 0.2) is 5.16 Å². The lowest BCUT2D eigenvalue weighted by atomic mass is 10.1. The molecule has 0 aliphatic heterocycles. The summed E-state index contributed by atoms with van der Waals surface area (Å²) in [4.78, 5) is 12.1. The summed E-state index contributed by atoms with van der Waals surface area (Å²) >= 11 is 7.26. The molecule has 3 rings (SSSR count). The van der Waals surface area contributed by atoms with Gasteiger partial charge in [-0.05, 0) is 50.1 Å². The highest BCUT2D eigenvalue weighted by molar-refractivity contribution is 7.99. The third-order valence-electron chi connectivity index (χ3n) is 4.07. The maximum atomic E-state index is 12.1. The van der Waals surface area contributed by atoms with E-state index in [4.69, 9.17) is 11.6 Å². The molecule has 3 aromatic rings. The molecule has 0 unspecified atom stereocenters. The second-order valence-electron chi connectivity index (χ2n) is 6.22. The number of nitrogens with one attached hydrogen (secondary N) is 1. The van der Waals surface area contributed by atoms with Crippen LogP contribution < -0.4 is 5.32 Å². The van der Waals surface area contributed by atoms with E-state index in [0.717, 1.165) is 23.5 Å². The van der Waals surface area contributed by atoms with Gasteiger partial charge >= 0.3 is 0 Å². The number of amides is 1. The lowest BCUT2D eigenvalue weighted by molar-refractivity contribution is -0.118. The molecule has 1 heterocycles. The first-order valence-electron chi connectivity index (χ1n) is 8.66. The summed E-state index contributed by atoms with van der Waals surface area (Å²) in [6.45, 7) is 4.54. The monoisotopic (exact) mass is 400 g/mol. The Morgan fingerprint density at radius 3 is 2.48 bits per heavy atom. The number of hydrogen-bond acceptors (Lipinski definition) is 4. The number of aryl methyl sites for hydroxylation is 2. The Kier molecular flexibility index (Phi) is 6.53. The van der Waals surface area contributed by atoms with Crippen molar-refractivity contribution in [3.8, 4) is 5.69 Å². The highest BCUT2D eigenvalue weighted by Crippen LogP contribution is 2.22. The summed E-state index contributed by atoms with van der Waals surface area (Å²) in [5, 5.41) is 12.7. The zero-order valence-electron chi connectivity index (χ0n) is 15.3. The summed E-state index contributed by atoms with van der Waals surface area (Å²) in [6, 6.07) is 15.8. The molecule has 0 saturated heterocycles. The first-order valence-corrected chi connectivity index (χ1v) is 10.0. The van der Waals surface area contributed by atoms with Crippen molar-refractivity contribution in [2.24, 2.45) is 0 Å². The Morgan fingerprint density at radius 2 is 1.78 bits per heavy atom. The van der Waals surface area contributed by atoms with E-state index in [9.17, 15) is 4.79 Å². The van der Waals surface area contributed by atoms with Crippen LogP contribution in [0.25, 0.3) is 5.69 Å². The van der Waals surface area contributed by atoms with Crippen molar-refractivity contribution in [1.82, 2.24) is 20.1 Å². The van der Waals surface area contributed by atoms with Crippen LogP contribution in [0.4, 0.5) is 0 Å². The van der Waals surface area contributed by atoms with E-state index >= 15 is 0 Å². The quantitative estimate of drug-likeness (QED) is 0.609. The minimum atomic E-state index is -0.0231. The smallest absolute Gasteiger partial charge is 0.230 e. The van der Waals surface area contributed by atoms with Crippen LogP contribution in [-0.4, -0.2) is 33.0 Å². The van der Waals surface area contributed by atoms with E-state index in [2.05, 4.69) is 15.5 Å². The number of hydrogen-bond donors (Lipinski definition) is 1. The second kappa shape index (κ2) is 9.06. The van der Waals surface area contributed by atoms with Gasteiger partial charge in [-0.25, -0.2) is 0 Å². The number of carbonyl (C=O) groups is 1. The molecule has 27 heavy (non-hydrogen) atoms. The molecule has 7 heteroatoms. The van der Waals surface area contributed by atoms with E-state index in [-0.39, 0.29) is 5.91 Å². The number of aromatic nitrogens is 3. The van der Waals surface area contributed by atoms with Crippen molar-refractivity contribution in [2.45, 2.75) is 25.4 Å². The largest absolute Gasteiger partial charge is 0.355 e. The van der Waals surface area contributed by atoms with Crippen molar-refractivity contribution in [3.05, 3.63) is 70.5 Å². The molecule has 0 aliphatic carbocycles. The van der Waals surface area contributed by atoms with Crippen molar-refractivity contribution < 1.29 is 4.79 Å². The van der Waals surface area contributed by atoms with Gasteiger partial charge < -0.3 is 5.32 Å². The molecule has 0 radical (unpaired) electrons. The lowest BCUT2D eigenvalue weighted by Crippen LogP contribution is -2.27. The predicted molar refractivity (Wildman–Crippen MR) is 110 cm³/mol. The van der Waals surface area contributed by atoms with Gasteiger partial charge in [0.1, 0.15) is 5.82 Å². The average molecular weight is 401 g/mol. The minimum Gasteiger partial charge on any atom is -0.355 e. The van der Waals surface area contributed by atoms with E-state index in [0.29, 0.717) is 22.5 Å². The summed E-state index contributed by atoms with van der Waals surface area (Å²) < 4.78 is 1.96. The third kappa shape index (κ3) is 5.34. The van der Waals surface area contributed by atoms with Gasteiger partial charge in [0.2, 0.25) is 5.91 Å². The number of carbonyl (C=O) groups excluding carboxylic acids is 1. The number of thioether (sulfide) groups is 1. The fraction of sp³-hybridized carbons (Fsp3) is 0.250. The summed E-state index contributed by atoms with van der Waals surface area (Å²) in [5.41, 5.74) is 3.33. The number of nitrogens with zero attached hydrogens (tertiary/aromatic N) is 3. The van der Waals surface area contributed by atoms with Gasteiger partial charge in [-0.2, -0.15) is 0 Å². The van der Waals surface area contributed by atoms with Gasteiger partial charge in [-0.15, -0.1) is 10.2 Å². The summed E-state index contributed by atoms with van der Waals surface area (Å²) in [7, 11) is 0. The molecular weight excluding hydrogens is 380 g/mol. The maximum Gasteiger partial charge on any atom is 0.230 e. The molecular formula is C20H21ClN4OS. The molecule has 0 saturated carbocycles. The van der Waals surface area contributed by atoms with Crippen molar-refractivity contribution in [3.63, 3.8) is 0 Å². The molecule has 1 N–H and O–H groups in total. The highest BCUT2D eigenvalue weighted by atomic mass is 35.5. The van der Waals surface area contributed by atoms with Gasteiger partial charge in [0.25, 0.3) is 0 Å². The zero-order chi connectivity index (χ0) is 19.2. The minimum absolute atomic E-state index is 0.0231. The lowest BCUT2D eigenvalue weighted by Gasteiger charge is -2.09. The molecule has 5 nitrogen and oxygen atoms in total. The molecule has 2 aromatic carbocycles. The first-order chi connectivity index (χ1) is 13.0. The van der Waals surface area contributed by atoms with Crippen molar-refractivity contribution in [1.29, 1.82) is 0 Å². The Morgan fingerprint density at radius 1 is 1.07 bits per heavy atom. The van der Waals surface area contributed by atoms with Crippen LogP contribution in [0.15, 0.2) is 53.7 Å². The van der Waals surface area contributed by atoms with Crippen LogP contribution in [0.1, 0.15) is 17.0 Å². The molecule has 1 aromatic heterocycles. The normalized spacial score (nSPS) is 10.8. The maximum absolute atomic E-state index is 12.1. The number of benzene rings is 2. The SMILES string of the molecule is Cc1ccc(-n2c(C)nnc2SCC(=O)NCCc2ccc(Cl)cc2)cc1. The Bertz CT molecular complexity index is 907. The Hall–Kier alpha value is -2.31. The first kappa shape index (κ1) is 19.5. The predicted octanol–water partition coefficient (Wildman–Crippen LogP) is 3.99. The third-order valence-corrected chi connectivity index (χ3v) is 5.25. The van der Waals surface area contributed by atoms with Gasteiger partial charge in [0, 0.05) is 17.3 Å². The summed E-state index contributed by atoms with van der Waals surface area (Å²) in [5.74, 6) is 1.07. The average Bonchev–Trinajstić information content (AvgIpc) is 3.03. The molecule has 1 amide bonds. The van der Waals surface area contributed by atoms with Crippen LogP contribution in [0.2, 0.25) is 5.02 Å². The van der Waals surface area contributed by atoms with Crippen LogP contribution in [0.3, 0.4) is 0 Å². The summed E-state index contributed by atoms with van der Waals surface area (Å²) in [6.07, 6.45) is 0.770. The van der Waals surface area contributed by atoms with E-state index < -0.39 is 0 Å². The molecule has 0 aliphatic rings. The molecule has 0 spiro atoms. The Labute approximate surface area is 168 Å². The number of rotatable bonds is 7. The zero-order valence-corrected chi connectivity index (χ0v) is 16.8. The van der Waals surface area contributed by atoms with Crippen LogP contribution in [-0.2, 0) is 11.2 Å². The number of halogens is 1. The van der Waals surface area contributed by atoms with Crippen molar-refractivity contribution >= 4 is 29.3 Å². The van der Waals surface area contributed by atoms with E-state index in [1.165, 1.54) is 17.3 Å². The molecule has 0 atom stereocenters. The topological polar surface area (TPSA) is 59.8 Å². The fourth-order valence-electron chi connectivity index (χ4n) is 2.61.